The summed E-state index contributed by atoms with van der Waals surface area (Å²) in [7, 11) is 0. The molecule has 0 bridgehead atoms. The number of carbonyl (C=O) groups excluding carboxylic acids is 1. The minimum absolute atomic E-state index is 0.110. The summed E-state index contributed by atoms with van der Waals surface area (Å²) in [6.45, 7) is 0. The van der Waals surface area contributed by atoms with Crippen LogP contribution in [0.2, 0.25) is 5.02 Å². The number of halogens is 1. The fourth-order valence-electron chi connectivity index (χ4n) is 4.54. The van der Waals surface area contributed by atoms with E-state index < -0.39 is 5.54 Å². The molecule has 0 N–H and O–H groups in total. The molecule has 170 valence electrons. The van der Waals surface area contributed by atoms with Gasteiger partial charge in [0, 0.05) is 23.0 Å². The van der Waals surface area contributed by atoms with Crippen LogP contribution in [0.3, 0.4) is 0 Å². The van der Waals surface area contributed by atoms with Gasteiger partial charge in [-0.25, -0.2) is 4.98 Å². The van der Waals surface area contributed by atoms with Gasteiger partial charge in [0.15, 0.2) is 5.78 Å². The molecule has 5 aromatic rings. The summed E-state index contributed by atoms with van der Waals surface area (Å²) in [6, 6.07) is 38.0. The molecule has 1 heterocycles. The second kappa shape index (κ2) is 9.96. The third kappa shape index (κ3) is 4.34. The second-order valence-electron chi connectivity index (χ2n) is 8.17. The minimum atomic E-state index is -0.691. The van der Waals surface area contributed by atoms with Crippen molar-refractivity contribution in [3.05, 3.63) is 167 Å². The van der Waals surface area contributed by atoms with Gasteiger partial charge in [-0.2, -0.15) is 0 Å². The van der Waals surface area contributed by atoms with Crippen molar-refractivity contribution in [1.29, 1.82) is 0 Å². The smallest absolute Gasteiger partial charge is 0.185 e. The van der Waals surface area contributed by atoms with Crippen LogP contribution in [0.15, 0.2) is 134 Å². The number of hydrogen-bond acceptors (Lipinski definition) is 2. The van der Waals surface area contributed by atoms with Crippen molar-refractivity contribution in [2.75, 3.05) is 0 Å². The van der Waals surface area contributed by atoms with E-state index in [1.807, 2.05) is 60.8 Å². The van der Waals surface area contributed by atoms with E-state index in [1.54, 1.807) is 42.6 Å². The fourth-order valence-corrected chi connectivity index (χ4v) is 4.66. The molecule has 35 heavy (non-hydrogen) atoms. The Morgan fingerprint density at radius 1 is 0.714 bits per heavy atom. The number of carbonyl (C=O) groups is 1. The molecule has 3 nitrogen and oxygen atoms in total. The highest BCUT2D eigenvalue weighted by Gasteiger charge is 2.39. The van der Waals surface area contributed by atoms with Crippen LogP contribution in [0.5, 0.6) is 0 Å². The quantitative estimate of drug-likeness (QED) is 0.141. The van der Waals surface area contributed by atoms with Crippen LogP contribution in [0, 0.1) is 0 Å². The molecule has 0 radical (unpaired) electrons. The second-order valence-corrected chi connectivity index (χ2v) is 8.60. The maximum Gasteiger partial charge on any atom is 0.185 e. The highest BCUT2D eigenvalue weighted by molar-refractivity contribution is 6.30. The largest absolute Gasteiger partial charge is 0.313 e. The van der Waals surface area contributed by atoms with E-state index in [9.17, 15) is 4.79 Å². The molecule has 0 aliphatic rings. The molecule has 0 unspecified atom stereocenters. The zero-order valence-corrected chi connectivity index (χ0v) is 19.7. The number of allylic oxidation sites excluding steroid dienone is 1. The van der Waals surface area contributed by atoms with Gasteiger partial charge < -0.3 is 4.57 Å². The van der Waals surface area contributed by atoms with E-state index in [-0.39, 0.29) is 5.78 Å². The first-order chi connectivity index (χ1) is 17.2. The van der Waals surface area contributed by atoms with E-state index in [4.69, 9.17) is 11.6 Å². The first kappa shape index (κ1) is 22.6. The molecule has 0 fully saturated rings. The van der Waals surface area contributed by atoms with Crippen LogP contribution in [-0.4, -0.2) is 15.3 Å². The van der Waals surface area contributed by atoms with Crippen molar-refractivity contribution in [3.63, 3.8) is 0 Å². The van der Waals surface area contributed by atoms with Gasteiger partial charge in [-0.05, 0) is 53.1 Å². The maximum atomic E-state index is 12.9. The number of hydrogen-bond donors (Lipinski definition) is 0. The number of rotatable bonds is 7. The topological polar surface area (TPSA) is 34.9 Å². The SMILES string of the molecule is O=C(/C=C/c1nccn1C(c1ccccc1)(c1ccccc1)c1ccccc1)c1ccc(Cl)cc1. The fraction of sp³-hybridized carbons (Fsp3) is 0.0323. The molecular weight excluding hydrogens is 452 g/mol. The summed E-state index contributed by atoms with van der Waals surface area (Å²) >= 11 is 5.98. The Balaban J connectivity index is 1.70. The molecule has 1 aromatic heterocycles. The summed E-state index contributed by atoms with van der Waals surface area (Å²) in [5, 5.41) is 0.597. The lowest BCUT2D eigenvalue weighted by Crippen LogP contribution is -2.38. The van der Waals surface area contributed by atoms with Gasteiger partial charge in [0.25, 0.3) is 0 Å². The standard InChI is InChI=1S/C31H23ClN2O/c32-28-18-16-24(17-19-28)29(35)20-21-30-33-22-23-34(30)31(25-10-4-1-5-11-25,26-12-6-2-7-13-26)27-14-8-3-9-15-27/h1-23H/b21-20+. The first-order valence-electron chi connectivity index (χ1n) is 11.4. The molecule has 0 atom stereocenters. The van der Waals surface area contributed by atoms with Crippen LogP contribution in [0.4, 0.5) is 0 Å². The van der Waals surface area contributed by atoms with Gasteiger partial charge in [-0.3, -0.25) is 4.79 Å². The average Bonchev–Trinajstić information content (AvgIpc) is 3.39. The van der Waals surface area contributed by atoms with Crippen LogP contribution in [0.25, 0.3) is 6.08 Å². The molecule has 5 rings (SSSR count). The molecule has 0 amide bonds. The van der Waals surface area contributed by atoms with Gasteiger partial charge in [0.05, 0.1) is 0 Å². The van der Waals surface area contributed by atoms with Crippen molar-refractivity contribution >= 4 is 23.5 Å². The zero-order valence-electron chi connectivity index (χ0n) is 19.0. The number of imidazole rings is 1. The zero-order chi connectivity index (χ0) is 24.1. The Bertz CT molecular complexity index is 1340. The maximum absolute atomic E-state index is 12.9. The van der Waals surface area contributed by atoms with Gasteiger partial charge in [-0.15, -0.1) is 0 Å². The highest BCUT2D eigenvalue weighted by Crippen LogP contribution is 2.41. The van der Waals surface area contributed by atoms with E-state index in [2.05, 4.69) is 45.9 Å². The van der Waals surface area contributed by atoms with Crippen LogP contribution < -0.4 is 0 Å². The lowest BCUT2D eigenvalue weighted by atomic mass is 9.76. The van der Waals surface area contributed by atoms with E-state index >= 15 is 0 Å². The van der Waals surface area contributed by atoms with Gasteiger partial charge in [-0.1, -0.05) is 103 Å². The molecule has 0 aliphatic heterocycles. The van der Waals surface area contributed by atoms with E-state index in [1.165, 1.54) is 0 Å². The number of nitrogens with zero attached hydrogens (tertiary/aromatic N) is 2. The Hall–Kier alpha value is -4.21. The normalized spacial score (nSPS) is 11.6. The Kier molecular flexibility index (Phi) is 6.42. The predicted octanol–water partition coefficient (Wildman–Crippen LogP) is 7.27. The summed E-state index contributed by atoms with van der Waals surface area (Å²) in [4.78, 5) is 17.5. The molecular formula is C31H23ClN2O. The van der Waals surface area contributed by atoms with Crippen LogP contribution in [-0.2, 0) is 5.54 Å². The Labute approximate surface area is 210 Å². The van der Waals surface area contributed by atoms with Crippen molar-refractivity contribution in [3.8, 4) is 0 Å². The average molecular weight is 475 g/mol. The predicted molar refractivity (Wildman–Crippen MR) is 142 cm³/mol. The van der Waals surface area contributed by atoms with Crippen molar-refractivity contribution in [2.24, 2.45) is 0 Å². The molecule has 0 aliphatic carbocycles. The monoisotopic (exact) mass is 474 g/mol. The van der Waals surface area contributed by atoms with Gasteiger partial charge in [0.2, 0.25) is 0 Å². The molecule has 0 saturated heterocycles. The highest BCUT2D eigenvalue weighted by atomic mass is 35.5. The number of ketones is 1. The van der Waals surface area contributed by atoms with Crippen molar-refractivity contribution in [1.82, 2.24) is 9.55 Å². The third-order valence-corrected chi connectivity index (χ3v) is 6.37. The molecule has 4 heteroatoms. The van der Waals surface area contributed by atoms with Crippen molar-refractivity contribution in [2.45, 2.75) is 5.54 Å². The molecule has 0 spiro atoms. The van der Waals surface area contributed by atoms with Gasteiger partial charge in [0.1, 0.15) is 11.4 Å². The summed E-state index contributed by atoms with van der Waals surface area (Å²) < 4.78 is 2.14. The third-order valence-electron chi connectivity index (χ3n) is 6.12. The first-order valence-corrected chi connectivity index (χ1v) is 11.8. The summed E-state index contributed by atoms with van der Waals surface area (Å²) in [5.41, 5.74) is 3.16. The summed E-state index contributed by atoms with van der Waals surface area (Å²) in [6.07, 6.45) is 7.09. The minimum Gasteiger partial charge on any atom is -0.313 e. The van der Waals surface area contributed by atoms with E-state index in [0.717, 1.165) is 16.7 Å². The van der Waals surface area contributed by atoms with Gasteiger partial charge >= 0.3 is 0 Å². The summed E-state index contributed by atoms with van der Waals surface area (Å²) in [5.74, 6) is 0.560. The number of aromatic nitrogens is 2. The molecule has 0 saturated carbocycles. The van der Waals surface area contributed by atoms with Crippen LogP contribution >= 0.6 is 11.6 Å². The number of benzene rings is 4. The lowest BCUT2D eigenvalue weighted by Gasteiger charge is -2.38. The Morgan fingerprint density at radius 3 is 1.69 bits per heavy atom. The lowest BCUT2D eigenvalue weighted by molar-refractivity contribution is 0.104. The van der Waals surface area contributed by atoms with Crippen molar-refractivity contribution < 1.29 is 4.79 Å². The van der Waals surface area contributed by atoms with Crippen LogP contribution in [0.1, 0.15) is 32.9 Å². The Morgan fingerprint density at radius 2 is 1.20 bits per heavy atom. The van der Waals surface area contributed by atoms with E-state index in [0.29, 0.717) is 16.4 Å². The molecule has 4 aromatic carbocycles.